The van der Waals surface area contributed by atoms with Gasteiger partial charge in [-0.05, 0) is 25.8 Å². The number of imidazole rings is 1. The number of hydrogen-bond acceptors (Lipinski definition) is 3. The molecule has 0 aromatic carbocycles. The van der Waals surface area contributed by atoms with Crippen LogP contribution in [0.15, 0.2) is 5.57 Å². The molecule has 1 aliphatic carbocycles. The van der Waals surface area contributed by atoms with E-state index in [1.54, 1.807) is 0 Å². The van der Waals surface area contributed by atoms with Crippen LogP contribution in [0.25, 0.3) is 6.08 Å². The predicted molar refractivity (Wildman–Crippen MR) is 57.9 cm³/mol. The molecule has 4 nitrogen and oxygen atoms in total. The Kier molecular flexibility index (Phi) is 2.57. The summed E-state index contributed by atoms with van der Waals surface area (Å²) in [6, 6.07) is 2.18. The highest BCUT2D eigenvalue weighted by Crippen LogP contribution is 2.23. The normalized spacial score (nSPS) is 16.5. The van der Waals surface area contributed by atoms with Crippen LogP contribution < -0.4 is 5.73 Å². The van der Waals surface area contributed by atoms with Crippen molar-refractivity contribution in [3.05, 3.63) is 22.8 Å². The van der Waals surface area contributed by atoms with Gasteiger partial charge in [0.15, 0.2) is 0 Å². The fraction of sp³-hybridized carbons (Fsp3) is 0.455. The third-order valence-corrected chi connectivity index (χ3v) is 2.68. The van der Waals surface area contributed by atoms with Gasteiger partial charge < -0.3 is 10.7 Å². The molecular weight excluding hydrogens is 188 g/mol. The number of H-pyrrole nitrogens is 1. The summed E-state index contributed by atoms with van der Waals surface area (Å²) in [5.74, 6) is 0.754. The number of aryl methyl sites for hydroxylation is 1. The lowest BCUT2D eigenvalue weighted by atomic mass is 9.96. The van der Waals surface area contributed by atoms with Gasteiger partial charge in [-0.1, -0.05) is 5.57 Å². The van der Waals surface area contributed by atoms with Crippen LogP contribution in [-0.2, 0) is 12.8 Å². The first-order valence-electron chi connectivity index (χ1n) is 5.11. The van der Waals surface area contributed by atoms with E-state index in [-0.39, 0.29) is 6.04 Å². The number of nitrogens with zero attached hydrogens (tertiary/aromatic N) is 2. The largest absolute Gasteiger partial charge is 0.344 e. The van der Waals surface area contributed by atoms with Crippen molar-refractivity contribution in [2.45, 2.75) is 32.2 Å². The van der Waals surface area contributed by atoms with E-state index < -0.39 is 0 Å². The van der Waals surface area contributed by atoms with Crippen molar-refractivity contribution >= 4 is 6.08 Å². The number of nitrogens with two attached hydrogens (primary N) is 1. The zero-order valence-corrected chi connectivity index (χ0v) is 8.75. The van der Waals surface area contributed by atoms with E-state index >= 15 is 0 Å². The van der Waals surface area contributed by atoms with E-state index in [4.69, 9.17) is 11.0 Å². The van der Waals surface area contributed by atoms with Gasteiger partial charge in [0.25, 0.3) is 0 Å². The van der Waals surface area contributed by atoms with Gasteiger partial charge >= 0.3 is 0 Å². The van der Waals surface area contributed by atoms with E-state index in [0.29, 0.717) is 6.42 Å². The van der Waals surface area contributed by atoms with Crippen molar-refractivity contribution < 1.29 is 0 Å². The summed E-state index contributed by atoms with van der Waals surface area (Å²) in [6.45, 7) is 1.99. The van der Waals surface area contributed by atoms with Gasteiger partial charge in [0.2, 0.25) is 0 Å². The Labute approximate surface area is 88.8 Å². The topological polar surface area (TPSA) is 78.5 Å². The highest BCUT2D eigenvalue weighted by atomic mass is 14.9. The van der Waals surface area contributed by atoms with Crippen LogP contribution in [0.5, 0.6) is 0 Å². The maximum Gasteiger partial charge on any atom is 0.121 e. The Morgan fingerprint density at radius 1 is 1.67 bits per heavy atom. The molecule has 0 fully saturated rings. The van der Waals surface area contributed by atoms with Crippen molar-refractivity contribution in [3.8, 4) is 6.07 Å². The quantitative estimate of drug-likeness (QED) is 0.755. The summed E-state index contributed by atoms with van der Waals surface area (Å²) >= 11 is 0. The monoisotopic (exact) mass is 202 g/mol. The van der Waals surface area contributed by atoms with Crippen molar-refractivity contribution in [1.82, 2.24) is 9.97 Å². The Hall–Kier alpha value is -1.60. The van der Waals surface area contributed by atoms with Crippen LogP contribution in [0.3, 0.4) is 0 Å². The van der Waals surface area contributed by atoms with E-state index in [1.165, 1.54) is 5.57 Å². The van der Waals surface area contributed by atoms with E-state index in [1.807, 2.05) is 13.0 Å². The summed E-state index contributed by atoms with van der Waals surface area (Å²) < 4.78 is 0. The SMILES string of the molecule is CC(N)C1=Cc2nc(CC#N)[nH]c2CC1. The molecule has 0 radical (unpaired) electrons. The van der Waals surface area contributed by atoms with Gasteiger partial charge in [-0.15, -0.1) is 0 Å². The molecule has 1 heterocycles. The molecule has 1 aliphatic rings. The first kappa shape index (κ1) is 9.94. The molecule has 0 saturated heterocycles. The molecule has 1 aromatic heterocycles. The fourth-order valence-electron chi connectivity index (χ4n) is 1.82. The maximum absolute atomic E-state index is 8.58. The van der Waals surface area contributed by atoms with E-state index in [0.717, 1.165) is 30.1 Å². The lowest BCUT2D eigenvalue weighted by Gasteiger charge is -2.15. The Morgan fingerprint density at radius 2 is 2.47 bits per heavy atom. The molecule has 0 spiro atoms. The van der Waals surface area contributed by atoms with Gasteiger partial charge in [0.05, 0.1) is 18.2 Å². The van der Waals surface area contributed by atoms with Gasteiger partial charge in [-0.25, -0.2) is 4.98 Å². The summed E-state index contributed by atoms with van der Waals surface area (Å²) in [4.78, 5) is 7.54. The van der Waals surface area contributed by atoms with Crippen LogP contribution in [0.1, 0.15) is 30.6 Å². The minimum atomic E-state index is 0.0919. The molecule has 78 valence electrons. The number of nitrogens with one attached hydrogen (secondary N) is 1. The minimum Gasteiger partial charge on any atom is -0.344 e. The lowest BCUT2D eigenvalue weighted by molar-refractivity contribution is 0.768. The van der Waals surface area contributed by atoms with Crippen molar-refractivity contribution in [2.75, 3.05) is 0 Å². The summed E-state index contributed by atoms with van der Waals surface area (Å²) in [6.07, 6.45) is 4.31. The highest BCUT2D eigenvalue weighted by molar-refractivity contribution is 5.56. The number of hydrogen-bond donors (Lipinski definition) is 2. The predicted octanol–water partition coefficient (Wildman–Crippen LogP) is 1.15. The molecular formula is C11H14N4. The second-order valence-electron chi connectivity index (χ2n) is 3.89. The molecule has 1 unspecified atom stereocenters. The smallest absolute Gasteiger partial charge is 0.121 e. The molecule has 1 aromatic rings. The van der Waals surface area contributed by atoms with Gasteiger partial charge in [-0.3, -0.25) is 0 Å². The molecule has 0 amide bonds. The Bertz CT molecular complexity index is 434. The summed E-state index contributed by atoms with van der Waals surface area (Å²) in [5, 5.41) is 8.58. The van der Waals surface area contributed by atoms with Crippen LogP contribution in [0.4, 0.5) is 0 Å². The number of nitriles is 1. The second-order valence-corrected chi connectivity index (χ2v) is 3.89. The highest BCUT2D eigenvalue weighted by Gasteiger charge is 2.16. The number of aromatic nitrogens is 2. The van der Waals surface area contributed by atoms with Crippen LogP contribution in [0.2, 0.25) is 0 Å². The van der Waals surface area contributed by atoms with Crippen molar-refractivity contribution in [2.24, 2.45) is 5.73 Å². The zero-order valence-electron chi connectivity index (χ0n) is 8.75. The Morgan fingerprint density at radius 3 is 3.13 bits per heavy atom. The minimum absolute atomic E-state index is 0.0919. The number of rotatable bonds is 2. The van der Waals surface area contributed by atoms with Crippen molar-refractivity contribution in [3.63, 3.8) is 0 Å². The van der Waals surface area contributed by atoms with Gasteiger partial charge in [-0.2, -0.15) is 5.26 Å². The molecule has 0 saturated carbocycles. The Balaban J connectivity index is 2.30. The summed E-state index contributed by atoms with van der Waals surface area (Å²) in [5.41, 5.74) is 9.15. The maximum atomic E-state index is 8.58. The van der Waals surface area contributed by atoms with Gasteiger partial charge in [0, 0.05) is 11.7 Å². The van der Waals surface area contributed by atoms with Crippen LogP contribution in [-0.4, -0.2) is 16.0 Å². The fourth-order valence-corrected chi connectivity index (χ4v) is 1.82. The van der Waals surface area contributed by atoms with E-state index in [9.17, 15) is 0 Å². The third kappa shape index (κ3) is 1.92. The first-order chi connectivity index (χ1) is 7.20. The van der Waals surface area contributed by atoms with Crippen LogP contribution >= 0.6 is 0 Å². The second kappa shape index (κ2) is 3.87. The molecule has 4 heteroatoms. The van der Waals surface area contributed by atoms with E-state index in [2.05, 4.69) is 16.0 Å². The zero-order chi connectivity index (χ0) is 10.8. The van der Waals surface area contributed by atoms with Crippen molar-refractivity contribution in [1.29, 1.82) is 5.26 Å². The van der Waals surface area contributed by atoms with Gasteiger partial charge in [0.1, 0.15) is 5.82 Å². The summed E-state index contributed by atoms with van der Waals surface area (Å²) in [7, 11) is 0. The average Bonchev–Trinajstić information content (AvgIpc) is 2.59. The molecule has 1 atom stereocenters. The molecule has 15 heavy (non-hydrogen) atoms. The number of aromatic amines is 1. The first-order valence-corrected chi connectivity index (χ1v) is 5.11. The average molecular weight is 202 g/mol. The number of fused-ring (bicyclic) bond motifs is 1. The van der Waals surface area contributed by atoms with Crippen LogP contribution in [0, 0.1) is 11.3 Å². The molecule has 2 rings (SSSR count). The standard InChI is InChI=1S/C11H14N4/c1-7(13)8-2-3-9-10(6-8)15-11(14-9)4-5-12/h6-7H,2-4,13H2,1H3,(H,14,15). The lowest BCUT2D eigenvalue weighted by Crippen LogP contribution is -2.20. The molecule has 0 aliphatic heterocycles. The molecule has 3 N–H and O–H groups in total. The molecule has 0 bridgehead atoms. The third-order valence-electron chi connectivity index (χ3n) is 2.68.